The standard InChI is InChI=1S/C25H32N4O2/c30-25(26-15-10-18-28-16-8-1-2-9-17-28)19-29-23-14-7-6-13-22(23)27-24(29)20-31-21-11-4-3-5-12-21/h3-7,11-14H,1-2,8-10,15-20H2,(H,26,30). The second-order valence-corrected chi connectivity index (χ2v) is 8.16. The van der Waals surface area contributed by atoms with Crippen molar-refractivity contribution < 1.29 is 9.53 Å². The van der Waals surface area contributed by atoms with Crippen LogP contribution in [0.3, 0.4) is 0 Å². The van der Waals surface area contributed by atoms with Crippen LogP contribution in [0.5, 0.6) is 5.75 Å². The van der Waals surface area contributed by atoms with Crippen molar-refractivity contribution in [2.45, 2.75) is 45.3 Å². The van der Waals surface area contributed by atoms with Gasteiger partial charge in [0.1, 0.15) is 24.7 Å². The molecule has 2 aromatic carbocycles. The molecule has 0 atom stereocenters. The zero-order valence-corrected chi connectivity index (χ0v) is 18.1. The van der Waals surface area contributed by atoms with E-state index in [4.69, 9.17) is 9.72 Å². The number of carbonyl (C=O) groups excluding carboxylic acids is 1. The summed E-state index contributed by atoms with van der Waals surface area (Å²) in [6, 6.07) is 17.6. The topological polar surface area (TPSA) is 59.4 Å². The lowest BCUT2D eigenvalue weighted by atomic mass is 10.2. The minimum Gasteiger partial charge on any atom is -0.486 e. The molecule has 1 aliphatic rings. The summed E-state index contributed by atoms with van der Waals surface area (Å²) in [5.41, 5.74) is 1.83. The van der Waals surface area contributed by atoms with Crippen LogP contribution >= 0.6 is 0 Å². The van der Waals surface area contributed by atoms with Crippen molar-refractivity contribution in [3.8, 4) is 5.75 Å². The van der Waals surface area contributed by atoms with Gasteiger partial charge in [0.25, 0.3) is 0 Å². The first-order valence-electron chi connectivity index (χ1n) is 11.4. The molecule has 0 bridgehead atoms. The van der Waals surface area contributed by atoms with E-state index in [0.717, 1.165) is 35.6 Å². The quantitative estimate of drug-likeness (QED) is 0.532. The van der Waals surface area contributed by atoms with Gasteiger partial charge in [-0.2, -0.15) is 0 Å². The number of likely N-dealkylation sites (tertiary alicyclic amines) is 1. The van der Waals surface area contributed by atoms with E-state index >= 15 is 0 Å². The number of fused-ring (bicyclic) bond motifs is 1. The summed E-state index contributed by atoms with van der Waals surface area (Å²) >= 11 is 0. The van der Waals surface area contributed by atoms with E-state index in [0.29, 0.717) is 13.2 Å². The molecule has 0 radical (unpaired) electrons. The Morgan fingerprint density at radius 3 is 2.52 bits per heavy atom. The van der Waals surface area contributed by atoms with E-state index in [1.165, 1.54) is 38.8 Å². The fraction of sp³-hybridized carbons (Fsp3) is 0.440. The lowest BCUT2D eigenvalue weighted by molar-refractivity contribution is -0.121. The maximum Gasteiger partial charge on any atom is 0.240 e. The van der Waals surface area contributed by atoms with Gasteiger partial charge in [0, 0.05) is 6.54 Å². The molecule has 0 unspecified atom stereocenters. The predicted molar refractivity (Wildman–Crippen MR) is 123 cm³/mol. The van der Waals surface area contributed by atoms with Gasteiger partial charge < -0.3 is 19.5 Å². The molecule has 164 valence electrons. The molecule has 31 heavy (non-hydrogen) atoms. The van der Waals surface area contributed by atoms with E-state index in [-0.39, 0.29) is 12.5 Å². The van der Waals surface area contributed by atoms with Crippen molar-refractivity contribution in [3.05, 3.63) is 60.4 Å². The number of rotatable bonds is 9. The number of amides is 1. The average molecular weight is 421 g/mol. The van der Waals surface area contributed by atoms with Crippen LogP contribution in [0.25, 0.3) is 11.0 Å². The summed E-state index contributed by atoms with van der Waals surface area (Å²) in [5.74, 6) is 1.56. The highest BCUT2D eigenvalue weighted by Crippen LogP contribution is 2.18. The monoisotopic (exact) mass is 420 g/mol. The lowest BCUT2D eigenvalue weighted by Crippen LogP contribution is -2.32. The van der Waals surface area contributed by atoms with Gasteiger partial charge in [-0.3, -0.25) is 4.79 Å². The minimum absolute atomic E-state index is 0.0139. The first kappa shape index (κ1) is 21.4. The van der Waals surface area contributed by atoms with Crippen LogP contribution in [0.2, 0.25) is 0 Å². The number of para-hydroxylation sites is 3. The highest BCUT2D eigenvalue weighted by molar-refractivity contribution is 5.81. The Bertz CT molecular complexity index is 962. The number of benzene rings is 2. The molecule has 1 aliphatic heterocycles. The zero-order chi connectivity index (χ0) is 21.3. The van der Waals surface area contributed by atoms with E-state index < -0.39 is 0 Å². The summed E-state index contributed by atoms with van der Waals surface area (Å²) < 4.78 is 7.86. The third-order valence-electron chi connectivity index (χ3n) is 5.82. The van der Waals surface area contributed by atoms with Crippen molar-refractivity contribution in [2.75, 3.05) is 26.2 Å². The van der Waals surface area contributed by atoms with Crippen LogP contribution in [0.1, 0.15) is 37.9 Å². The maximum atomic E-state index is 12.7. The summed E-state index contributed by atoms with van der Waals surface area (Å²) in [4.78, 5) is 19.9. The molecule has 1 aromatic heterocycles. The number of ether oxygens (including phenoxy) is 1. The molecule has 4 rings (SSSR count). The third kappa shape index (κ3) is 6.07. The fourth-order valence-corrected chi connectivity index (χ4v) is 4.17. The van der Waals surface area contributed by atoms with E-state index in [9.17, 15) is 4.79 Å². The molecule has 2 heterocycles. The van der Waals surface area contributed by atoms with Crippen molar-refractivity contribution >= 4 is 16.9 Å². The van der Waals surface area contributed by atoms with Crippen LogP contribution in [-0.4, -0.2) is 46.5 Å². The SMILES string of the molecule is O=C(Cn1c(COc2ccccc2)nc2ccccc21)NCCCN1CCCCCC1. The summed E-state index contributed by atoms with van der Waals surface area (Å²) in [6.07, 6.45) is 6.28. The zero-order valence-electron chi connectivity index (χ0n) is 18.1. The normalized spacial score (nSPS) is 15.0. The number of hydrogen-bond acceptors (Lipinski definition) is 4. The lowest BCUT2D eigenvalue weighted by Gasteiger charge is -2.19. The van der Waals surface area contributed by atoms with Gasteiger partial charge in [0.05, 0.1) is 11.0 Å². The molecule has 1 fully saturated rings. The van der Waals surface area contributed by atoms with Crippen molar-refractivity contribution in [1.29, 1.82) is 0 Å². The molecule has 1 amide bonds. The molecular formula is C25H32N4O2. The molecule has 0 aliphatic carbocycles. The van der Waals surface area contributed by atoms with Gasteiger partial charge in [-0.25, -0.2) is 4.98 Å². The average Bonchev–Trinajstić information content (AvgIpc) is 2.96. The van der Waals surface area contributed by atoms with Gasteiger partial charge in [0.2, 0.25) is 5.91 Å². The Morgan fingerprint density at radius 1 is 0.968 bits per heavy atom. The predicted octanol–water partition coefficient (Wildman–Crippen LogP) is 4.00. The minimum atomic E-state index is 0.0139. The highest BCUT2D eigenvalue weighted by atomic mass is 16.5. The smallest absolute Gasteiger partial charge is 0.240 e. The Hall–Kier alpha value is -2.86. The van der Waals surface area contributed by atoms with Gasteiger partial charge in [-0.15, -0.1) is 0 Å². The molecule has 0 spiro atoms. The first-order chi connectivity index (χ1) is 15.3. The van der Waals surface area contributed by atoms with Crippen LogP contribution in [-0.2, 0) is 17.9 Å². The largest absolute Gasteiger partial charge is 0.486 e. The highest BCUT2D eigenvalue weighted by Gasteiger charge is 2.14. The fourth-order valence-electron chi connectivity index (χ4n) is 4.17. The Labute approximate surface area is 184 Å². The van der Waals surface area contributed by atoms with Gasteiger partial charge in [0.15, 0.2) is 0 Å². The molecule has 1 saturated heterocycles. The third-order valence-corrected chi connectivity index (χ3v) is 5.82. The van der Waals surface area contributed by atoms with E-state index in [1.54, 1.807) is 0 Å². The molecule has 6 heteroatoms. The molecular weight excluding hydrogens is 388 g/mol. The van der Waals surface area contributed by atoms with Crippen LogP contribution < -0.4 is 10.1 Å². The Morgan fingerprint density at radius 2 is 1.71 bits per heavy atom. The molecule has 6 nitrogen and oxygen atoms in total. The van der Waals surface area contributed by atoms with Crippen LogP contribution in [0.15, 0.2) is 54.6 Å². The number of nitrogens with zero attached hydrogens (tertiary/aromatic N) is 3. The number of imidazole rings is 1. The number of nitrogens with one attached hydrogen (secondary N) is 1. The molecule has 1 N–H and O–H groups in total. The first-order valence-corrected chi connectivity index (χ1v) is 11.4. The summed E-state index contributed by atoms with van der Waals surface area (Å²) in [6.45, 7) is 4.72. The van der Waals surface area contributed by atoms with Crippen LogP contribution in [0, 0.1) is 0 Å². The second-order valence-electron chi connectivity index (χ2n) is 8.16. The molecule has 3 aromatic rings. The van der Waals surface area contributed by atoms with Gasteiger partial charge in [-0.1, -0.05) is 43.2 Å². The van der Waals surface area contributed by atoms with E-state index in [1.807, 2.05) is 59.2 Å². The van der Waals surface area contributed by atoms with Crippen molar-refractivity contribution in [3.63, 3.8) is 0 Å². The van der Waals surface area contributed by atoms with Gasteiger partial charge in [-0.05, 0) is 63.2 Å². The van der Waals surface area contributed by atoms with Gasteiger partial charge >= 0.3 is 0 Å². The van der Waals surface area contributed by atoms with Crippen LogP contribution in [0.4, 0.5) is 0 Å². The maximum absolute atomic E-state index is 12.7. The second kappa shape index (κ2) is 11.0. The summed E-state index contributed by atoms with van der Waals surface area (Å²) in [5, 5.41) is 3.09. The van der Waals surface area contributed by atoms with Crippen molar-refractivity contribution in [1.82, 2.24) is 19.8 Å². The number of aromatic nitrogens is 2. The number of hydrogen-bond donors (Lipinski definition) is 1. The summed E-state index contributed by atoms with van der Waals surface area (Å²) in [7, 11) is 0. The van der Waals surface area contributed by atoms with E-state index in [2.05, 4.69) is 10.2 Å². The molecule has 0 saturated carbocycles. The Balaban J connectivity index is 1.33. The number of carbonyl (C=O) groups is 1. The van der Waals surface area contributed by atoms with Crippen molar-refractivity contribution in [2.24, 2.45) is 0 Å². The Kier molecular flexibility index (Phi) is 7.56.